The molecule has 11 heavy (non-hydrogen) atoms. The van der Waals surface area contributed by atoms with Crippen LogP contribution in [0.5, 0.6) is 0 Å². The second-order valence-electron chi connectivity index (χ2n) is 2.72. The monoisotopic (exact) mass is 151 g/mol. The highest BCUT2D eigenvalue weighted by molar-refractivity contribution is 5.08. The van der Waals surface area contributed by atoms with E-state index in [1.807, 2.05) is 26.8 Å². The molecule has 0 fully saturated rings. The normalized spacial score (nSPS) is 6.55. The molecule has 0 atom stereocenters. The van der Waals surface area contributed by atoms with Gasteiger partial charge in [0, 0.05) is 6.08 Å². The molecule has 0 aliphatic heterocycles. The standard InChI is InChI=1S/C5H7N.C5H10/c1-5(2)3-4-6;1-4-5(2)3/h3H,1-2H3;4H,1-3H3. The first-order valence-corrected chi connectivity index (χ1v) is 3.67. The summed E-state index contributed by atoms with van der Waals surface area (Å²) in [5.41, 5.74) is 2.43. The van der Waals surface area contributed by atoms with Gasteiger partial charge in [-0.3, -0.25) is 0 Å². The predicted molar refractivity (Wildman–Crippen MR) is 50.1 cm³/mol. The predicted octanol–water partition coefficient (Wildman–Crippen LogP) is 3.45. The highest BCUT2D eigenvalue weighted by Gasteiger charge is 1.66. The van der Waals surface area contributed by atoms with E-state index in [0.717, 1.165) is 5.57 Å². The van der Waals surface area contributed by atoms with Crippen molar-refractivity contribution < 1.29 is 0 Å². The molecule has 0 aliphatic rings. The molecule has 0 aromatic carbocycles. The molecule has 0 radical (unpaired) electrons. The van der Waals surface area contributed by atoms with E-state index >= 15 is 0 Å². The largest absolute Gasteiger partial charge is 0.193 e. The molecule has 1 heteroatoms. The van der Waals surface area contributed by atoms with Gasteiger partial charge in [-0.1, -0.05) is 17.2 Å². The van der Waals surface area contributed by atoms with Crippen molar-refractivity contribution in [3.05, 3.63) is 23.3 Å². The molecule has 62 valence electrons. The smallest absolute Gasteiger partial charge is 0.0911 e. The summed E-state index contributed by atoms with van der Waals surface area (Å²) in [7, 11) is 0. The maximum absolute atomic E-state index is 7.91. The molecule has 0 spiro atoms. The Balaban J connectivity index is 0. The van der Waals surface area contributed by atoms with Gasteiger partial charge in [0.15, 0.2) is 0 Å². The zero-order valence-electron chi connectivity index (χ0n) is 8.10. The summed E-state index contributed by atoms with van der Waals surface area (Å²) >= 11 is 0. The van der Waals surface area contributed by atoms with Gasteiger partial charge in [-0.25, -0.2) is 0 Å². The van der Waals surface area contributed by atoms with E-state index in [2.05, 4.69) is 19.9 Å². The molecule has 1 nitrogen and oxygen atoms in total. The molecule has 0 saturated carbocycles. The Bertz CT molecular complexity index is 172. The lowest BCUT2D eigenvalue weighted by Crippen LogP contribution is -1.55. The molecule has 0 rings (SSSR count). The van der Waals surface area contributed by atoms with Crippen LogP contribution in [0.3, 0.4) is 0 Å². The Hall–Kier alpha value is -1.03. The molecule has 0 heterocycles. The minimum atomic E-state index is 1.05. The summed E-state index contributed by atoms with van der Waals surface area (Å²) in [6.45, 7) is 9.99. The lowest BCUT2D eigenvalue weighted by molar-refractivity contribution is 1.36. The van der Waals surface area contributed by atoms with E-state index in [1.54, 1.807) is 0 Å². The van der Waals surface area contributed by atoms with Crippen molar-refractivity contribution in [1.29, 1.82) is 5.26 Å². The molecular weight excluding hydrogens is 134 g/mol. The van der Waals surface area contributed by atoms with Gasteiger partial charge in [0.1, 0.15) is 0 Å². The van der Waals surface area contributed by atoms with Crippen molar-refractivity contribution in [3.8, 4) is 6.07 Å². The number of rotatable bonds is 0. The Morgan fingerprint density at radius 3 is 1.45 bits per heavy atom. The van der Waals surface area contributed by atoms with Gasteiger partial charge in [-0.15, -0.1) is 0 Å². The van der Waals surface area contributed by atoms with Gasteiger partial charge in [-0.2, -0.15) is 5.26 Å². The molecule has 0 saturated heterocycles. The molecule has 0 aromatic heterocycles. The van der Waals surface area contributed by atoms with E-state index < -0.39 is 0 Å². The number of allylic oxidation sites excluding steroid dienone is 4. The van der Waals surface area contributed by atoms with Crippen molar-refractivity contribution in [1.82, 2.24) is 0 Å². The number of hydrogen-bond donors (Lipinski definition) is 0. The Labute approximate surface area is 70.0 Å². The fraction of sp³-hybridized carbons (Fsp3) is 0.500. The Kier molecular flexibility index (Phi) is 10.3. The van der Waals surface area contributed by atoms with E-state index in [0.29, 0.717) is 0 Å². The van der Waals surface area contributed by atoms with Gasteiger partial charge >= 0.3 is 0 Å². The Morgan fingerprint density at radius 1 is 1.09 bits per heavy atom. The van der Waals surface area contributed by atoms with Crippen LogP contribution in [0, 0.1) is 11.3 Å². The third kappa shape index (κ3) is 27.6. The third-order valence-corrected chi connectivity index (χ3v) is 0.931. The van der Waals surface area contributed by atoms with Crippen molar-refractivity contribution in [2.75, 3.05) is 0 Å². The van der Waals surface area contributed by atoms with Gasteiger partial charge in [0.2, 0.25) is 0 Å². The topological polar surface area (TPSA) is 23.8 Å². The average molecular weight is 151 g/mol. The minimum Gasteiger partial charge on any atom is -0.193 e. The van der Waals surface area contributed by atoms with Crippen molar-refractivity contribution in [2.45, 2.75) is 34.6 Å². The van der Waals surface area contributed by atoms with Crippen LogP contribution in [0.2, 0.25) is 0 Å². The van der Waals surface area contributed by atoms with Crippen molar-refractivity contribution in [3.63, 3.8) is 0 Å². The molecule has 0 N–H and O–H groups in total. The number of nitrogens with zero attached hydrogens (tertiary/aromatic N) is 1. The molecule has 0 amide bonds. The summed E-state index contributed by atoms with van der Waals surface area (Å²) in [6, 6.07) is 1.91. The maximum atomic E-state index is 7.91. The molecule has 0 aliphatic carbocycles. The van der Waals surface area contributed by atoms with Crippen LogP contribution < -0.4 is 0 Å². The van der Waals surface area contributed by atoms with Crippen LogP contribution in [0.1, 0.15) is 34.6 Å². The first-order chi connectivity index (χ1) is 5.04. The molecule has 0 bridgehead atoms. The van der Waals surface area contributed by atoms with Crippen LogP contribution in [0.15, 0.2) is 23.3 Å². The zero-order chi connectivity index (χ0) is 9.28. The minimum absolute atomic E-state index is 1.05. The first kappa shape index (κ1) is 12.6. The fourth-order valence-electron chi connectivity index (χ4n) is 0.129. The van der Waals surface area contributed by atoms with E-state index in [1.165, 1.54) is 11.6 Å². The van der Waals surface area contributed by atoms with Crippen LogP contribution >= 0.6 is 0 Å². The SMILES string of the molecule is CC(C)=CC#N.CC=C(C)C. The second kappa shape index (κ2) is 8.97. The maximum Gasteiger partial charge on any atom is 0.0911 e. The summed E-state index contributed by atoms with van der Waals surface area (Å²) in [6.07, 6.45) is 3.60. The van der Waals surface area contributed by atoms with Gasteiger partial charge < -0.3 is 0 Å². The second-order valence-corrected chi connectivity index (χ2v) is 2.72. The van der Waals surface area contributed by atoms with Gasteiger partial charge in [-0.05, 0) is 34.6 Å². The van der Waals surface area contributed by atoms with Crippen LogP contribution in [0.25, 0.3) is 0 Å². The highest BCUT2D eigenvalue weighted by Crippen LogP contribution is 1.83. The van der Waals surface area contributed by atoms with Crippen LogP contribution in [0.4, 0.5) is 0 Å². The van der Waals surface area contributed by atoms with Crippen LogP contribution in [-0.4, -0.2) is 0 Å². The average Bonchev–Trinajstić information content (AvgIpc) is 1.89. The lowest BCUT2D eigenvalue weighted by atomic mass is 10.3. The summed E-state index contributed by atoms with van der Waals surface area (Å²) < 4.78 is 0. The van der Waals surface area contributed by atoms with E-state index in [9.17, 15) is 0 Å². The highest BCUT2D eigenvalue weighted by atomic mass is 14.2. The summed E-state index contributed by atoms with van der Waals surface area (Å²) in [5.74, 6) is 0. The van der Waals surface area contributed by atoms with Crippen LogP contribution in [-0.2, 0) is 0 Å². The third-order valence-electron chi connectivity index (χ3n) is 0.931. The van der Waals surface area contributed by atoms with Crippen molar-refractivity contribution >= 4 is 0 Å². The zero-order valence-corrected chi connectivity index (χ0v) is 8.10. The Morgan fingerprint density at radius 2 is 1.45 bits per heavy atom. The molecule has 0 aromatic rings. The van der Waals surface area contributed by atoms with Gasteiger partial charge in [0.25, 0.3) is 0 Å². The van der Waals surface area contributed by atoms with Crippen molar-refractivity contribution in [2.24, 2.45) is 0 Å². The lowest BCUT2D eigenvalue weighted by Gasteiger charge is -1.74. The van der Waals surface area contributed by atoms with Gasteiger partial charge in [0.05, 0.1) is 6.07 Å². The number of hydrogen-bond acceptors (Lipinski definition) is 1. The molecule has 0 unspecified atom stereocenters. The van der Waals surface area contributed by atoms with E-state index in [-0.39, 0.29) is 0 Å². The quantitative estimate of drug-likeness (QED) is 0.384. The molecular formula is C10H17N. The summed E-state index contributed by atoms with van der Waals surface area (Å²) in [4.78, 5) is 0. The number of nitriles is 1. The fourth-order valence-corrected chi connectivity index (χ4v) is 0.129. The van der Waals surface area contributed by atoms with E-state index in [4.69, 9.17) is 5.26 Å². The first-order valence-electron chi connectivity index (χ1n) is 3.67. The summed E-state index contributed by atoms with van der Waals surface area (Å²) in [5, 5.41) is 7.91.